The Balaban J connectivity index is 1.88. The zero-order valence-corrected chi connectivity index (χ0v) is 15.9. The molecular weight excluding hydrogens is 346 g/mol. The van der Waals surface area contributed by atoms with Crippen LogP contribution in [0.1, 0.15) is 28.8 Å². The Hall–Kier alpha value is -3.02. The van der Waals surface area contributed by atoms with E-state index in [9.17, 15) is 9.59 Å². The van der Waals surface area contributed by atoms with Crippen molar-refractivity contribution in [1.29, 1.82) is 0 Å². The van der Waals surface area contributed by atoms with Crippen molar-refractivity contribution in [2.24, 2.45) is 0 Å². The van der Waals surface area contributed by atoms with Crippen molar-refractivity contribution in [1.82, 2.24) is 5.32 Å². The highest BCUT2D eigenvalue weighted by Crippen LogP contribution is 2.38. The standard InChI is InChI=1S/C21H25NO5/c1-25-18-12-16(13-19(26-2)21(18)27-3)17(23)14-22-20(24)11-7-10-15-8-5-4-6-9-15/h4-6,8-9,12-13H,7,10-11,14H2,1-3H3,(H,22,24). The number of carbonyl (C=O) groups is 2. The number of carbonyl (C=O) groups excluding carboxylic acids is 2. The first-order valence-electron chi connectivity index (χ1n) is 8.72. The molecular formula is C21H25NO5. The third-order valence-electron chi connectivity index (χ3n) is 4.14. The van der Waals surface area contributed by atoms with Gasteiger partial charge in [-0.05, 0) is 30.5 Å². The number of ether oxygens (including phenoxy) is 3. The summed E-state index contributed by atoms with van der Waals surface area (Å²) in [5.41, 5.74) is 1.58. The average molecular weight is 371 g/mol. The van der Waals surface area contributed by atoms with E-state index in [0.29, 0.717) is 29.2 Å². The van der Waals surface area contributed by atoms with E-state index in [-0.39, 0.29) is 18.2 Å². The van der Waals surface area contributed by atoms with Crippen LogP contribution in [0.25, 0.3) is 0 Å². The smallest absolute Gasteiger partial charge is 0.220 e. The van der Waals surface area contributed by atoms with E-state index in [1.807, 2.05) is 30.3 Å². The zero-order chi connectivity index (χ0) is 19.6. The van der Waals surface area contributed by atoms with Crippen LogP contribution in [0.2, 0.25) is 0 Å². The summed E-state index contributed by atoms with van der Waals surface area (Å²) in [6, 6.07) is 13.1. The van der Waals surface area contributed by atoms with Gasteiger partial charge in [0.05, 0.1) is 27.9 Å². The number of Topliss-reactive ketones (excluding diaryl/α,β-unsaturated/α-hetero) is 1. The molecule has 6 nitrogen and oxygen atoms in total. The zero-order valence-electron chi connectivity index (χ0n) is 15.9. The summed E-state index contributed by atoms with van der Waals surface area (Å²) in [6.45, 7) is -0.0805. The van der Waals surface area contributed by atoms with Gasteiger partial charge in [0.1, 0.15) is 0 Å². The normalized spacial score (nSPS) is 10.2. The van der Waals surface area contributed by atoms with Crippen LogP contribution >= 0.6 is 0 Å². The van der Waals surface area contributed by atoms with E-state index in [4.69, 9.17) is 14.2 Å². The number of benzene rings is 2. The SMILES string of the molecule is COc1cc(C(=O)CNC(=O)CCCc2ccccc2)cc(OC)c1OC. The highest BCUT2D eigenvalue weighted by Gasteiger charge is 2.17. The summed E-state index contributed by atoms with van der Waals surface area (Å²) in [5.74, 6) is 0.836. The minimum absolute atomic E-state index is 0.0805. The first-order chi connectivity index (χ1) is 13.1. The average Bonchev–Trinajstić information content (AvgIpc) is 2.71. The predicted octanol–water partition coefficient (Wildman–Crippen LogP) is 3.03. The topological polar surface area (TPSA) is 73.9 Å². The van der Waals surface area contributed by atoms with Gasteiger partial charge < -0.3 is 19.5 Å². The van der Waals surface area contributed by atoms with Crippen molar-refractivity contribution in [2.75, 3.05) is 27.9 Å². The van der Waals surface area contributed by atoms with E-state index in [1.165, 1.54) is 26.9 Å². The van der Waals surface area contributed by atoms with Crippen LogP contribution in [0.15, 0.2) is 42.5 Å². The van der Waals surface area contributed by atoms with Crippen LogP contribution in [0, 0.1) is 0 Å². The Kier molecular flexibility index (Phi) is 7.67. The van der Waals surface area contributed by atoms with E-state index < -0.39 is 0 Å². The molecule has 0 unspecified atom stereocenters. The van der Waals surface area contributed by atoms with Gasteiger partial charge in [-0.3, -0.25) is 9.59 Å². The van der Waals surface area contributed by atoms with Gasteiger partial charge in [-0.15, -0.1) is 0 Å². The number of methoxy groups -OCH3 is 3. The lowest BCUT2D eigenvalue weighted by Gasteiger charge is -2.14. The van der Waals surface area contributed by atoms with Crippen LogP contribution < -0.4 is 19.5 Å². The first kappa shape index (κ1) is 20.3. The molecule has 144 valence electrons. The molecule has 0 spiro atoms. The van der Waals surface area contributed by atoms with Gasteiger partial charge in [0, 0.05) is 12.0 Å². The van der Waals surface area contributed by atoms with Gasteiger partial charge in [-0.1, -0.05) is 30.3 Å². The molecule has 2 rings (SSSR count). The number of ketones is 1. The molecule has 0 saturated carbocycles. The number of aryl methyl sites for hydroxylation is 1. The van der Waals surface area contributed by atoms with E-state index >= 15 is 0 Å². The van der Waals surface area contributed by atoms with Gasteiger partial charge in [-0.25, -0.2) is 0 Å². The fraction of sp³-hybridized carbons (Fsp3) is 0.333. The summed E-state index contributed by atoms with van der Waals surface area (Å²) in [5, 5.41) is 2.67. The first-order valence-corrected chi connectivity index (χ1v) is 8.72. The molecule has 0 fully saturated rings. The van der Waals surface area contributed by atoms with Crippen molar-refractivity contribution in [3.05, 3.63) is 53.6 Å². The molecule has 0 saturated heterocycles. The van der Waals surface area contributed by atoms with Crippen LogP contribution in [0.4, 0.5) is 0 Å². The third-order valence-corrected chi connectivity index (χ3v) is 4.14. The highest BCUT2D eigenvalue weighted by molar-refractivity contribution is 6.00. The minimum Gasteiger partial charge on any atom is -0.493 e. The lowest BCUT2D eigenvalue weighted by molar-refractivity contribution is -0.121. The van der Waals surface area contributed by atoms with Gasteiger partial charge >= 0.3 is 0 Å². The Morgan fingerprint density at radius 1 is 0.926 bits per heavy atom. The Bertz CT molecular complexity index is 748. The lowest BCUT2D eigenvalue weighted by Crippen LogP contribution is -2.29. The molecule has 0 radical (unpaired) electrons. The Morgan fingerprint density at radius 3 is 2.11 bits per heavy atom. The number of hydrogen-bond donors (Lipinski definition) is 1. The second-order valence-electron chi connectivity index (χ2n) is 5.95. The van der Waals surface area contributed by atoms with Gasteiger partial charge in [0.15, 0.2) is 17.3 Å². The third kappa shape index (κ3) is 5.74. The largest absolute Gasteiger partial charge is 0.493 e. The second kappa shape index (κ2) is 10.2. The van der Waals surface area contributed by atoms with Crippen LogP contribution in [-0.4, -0.2) is 39.6 Å². The Morgan fingerprint density at radius 2 is 1.56 bits per heavy atom. The van der Waals surface area contributed by atoms with Gasteiger partial charge in [0.25, 0.3) is 0 Å². The number of rotatable bonds is 10. The van der Waals surface area contributed by atoms with Crippen molar-refractivity contribution < 1.29 is 23.8 Å². The molecule has 0 aromatic heterocycles. The maximum Gasteiger partial charge on any atom is 0.220 e. The molecule has 2 aromatic carbocycles. The molecule has 0 aliphatic heterocycles. The monoisotopic (exact) mass is 371 g/mol. The molecule has 0 aliphatic carbocycles. The van der Waals surface area contributed by atoms with Crippen molar-refractivity contribution in [2.45, 2.75) is 19.3 Å². The van der Waals surface area contributed by atoms with Crippen LogP contribution in [0.5, 0.6) is 17.2 Å². The quantitative estimate of drug-likeness (QED) is 0.650. The van der Waals surface area contributed by atoms with Crippen LogP contribution in [0.3, 0.4) is 0 Å². The molecule has 0 aliphatic rings. The summed E-state index contributed by atoms with van der Waals surface area (Å²) < 4.78 is 15.7. The van der Waals surface area contributed by atoms with Crippen molar-refractivity contribution >= 4 is 11.7 Å². The van der Waals surface area contributed by atoms with Gasteiger partial charge in [-0.2, -0.15) is 0 Å². The molecule has 0 bridgehead atoms. The van der Waals surface area contributed by atoms with Crippen LogP contribution in [-0.2, 0) is 11.2 Å². The van der Waals surface area contributed by atoms with Crippen molar-refractivity contribution in [3.63, 3.8) is 0 Å². The fourth-order valence-corrected chi connectivity index (χ4v) is 2.71. The van der Waals surface area contributed by atoms with Gasteiger partial charge in [0.2, 0.25) is 11.7 Å². The molecule has 2 aromatic rings. The summed E-state index contributed by atoms with van der Waals surface area (Å²) in [4.78, 5) is 24.4. The predicted molar refractivity (Wildman–Crippen MR) is 103 cm³/mol. The molecule has 27 heavy (non-hydrogen) atoms. The lowest BCUT2D eigenvalue weighted by atomic mass is 10.1. The molecule has 1 N–H and O–H groups in total. The molecule has 1 amide bonds. The number of hydrogen-bond acceptors (Lipinski definition) is 5. The highest BCUT2D eigenvalue weighted by atomic mass is 16.5. The maximum atomic E-state index is 12.4. The minimum atomic E-state index is -0.231. The van der Waals surface area contributed by atoms with E-state index in [2.05, 4.69) is 5.32 Å². The summed E-state index contributed by atoms with van der Waals surface area (Å²) in [7, 11) is 4.47. The van der Waals surface area contributed by atoms with Crippen molar-refractivity contribution in [3.8, 4) is 17.2 Å². The maximum absolute atomic E-state index is 12.4. The number of nitrogens with one attached hydrogen (secondary N) is 1. The Labute approximate surface area is 159 Å². The molecule has 6 heteroatoms. The van der Waals surface area contributed by atoms with E-state index in [1.54, 1.807) is 12.1 Å². The number of amides is 1. The molecule has 0 heterocycles. The molecule has 0 atom stereocenters. The van der Waals surface area contributed by atoms with E-state index in [0.717, 1.165) is 12.8 Å². The summed E-state index contributed by atoms with van der Waals surface area (Å²) in [6.07, 6.45) is 1.93. The fourth-order valence-electron chi connectivity index (χ4n) is 2.71. The second-order valence-corrected chi connectivity index (χ2v) is 5.95. The summed E-state index contributed by atoms with van der Waals surface area (Å²) >= 11 is 0.